The number of anilines is 2. The maximum absolute atomic E-state index is 14.7. The lowest BCUT2D eigenvalue weighted by molar-refractivity contribution is -0.136. The summed E-state index contributed by atoms with van der Waals surface area (Å²) in [4.78, 5) is 60.8. The van der Waals surface area contributed by atoms with Gasteiger partial charge in [-0.15, -0.1) is 0 Å². The molecule has 0 bridgehead atoms. The minimum atomic E-state index is -1.27. The van der Waals surface area contributed by atoms with Crippen LogP contribution in [0, 0.1) is 23.5 Å². The third kappa shape index (κ3) is 4.70. The summed E-state index contributed by atoms with van der Waals surface area (Å²) >= 11 is 0. The van der Waals surface area contributed by atoms with Crippen LogP contribution in [-0.2, 0) is 19.2 Å². The van der Waals surface area contributed by atoms with E-state index in [0.717, 1.165) is 21.9 Å². The van der Waals surface area contributed by atoms with Crippen LogP contribution in [0.2, 0.25) is 0 Å². The van der Waals surface area contributed by atoms with Gasteiger partial charge in [0.25, 0.3) is 11.8 Å². The summed E-state index contributed by atoms with van der Waals surface area (Å²) in [5, 5.41) is 3.25. The number of halogens is 2. The van der Waals surface area contributed by atoms with Gasteiger partial charge in [0.05, 0.1) is 63.7 Å². The SMILES string of the molecule is COc1ccc(OC)c(C2C3C(=O)N(c4cccc(F)c4)C(=O)C3N3C(c4cc(OC)ccc4OC)C4C(=O)N(c5cccc(F)c5)C(=O)C4N23)c1. The summed E-state index contributed by atoms with van der Waals surface area (Å²) in [6.45, 7) is 0. The summed E-state index contributed by atoms with van der Waals surface area (Å²) in [5.41, 5.74) is 0.879. The van der Waals surface area contributed by atoms with Crippen LogP contribution >= 0.6 is 0 Å². The van der Waals surface area contributed by atoms with Crippen LogP contribution < -0.4 is 28.7 Å². The average molecular weight is 711 g/mol. The lowest BCUT2D eigenvalue weighted by atomic mass is 9.83. The van der Waals surface area contributed by atoms with Gasteiger partial charge in [0, 0.05) is 11.1 Å². The number of carbonyl (C=O) groups is 4. The average Bonchev–Trinajstić information content (AvgIpc) is 3.82. The highest BCUT2D eigenvalue weighted by molar-refractivity contribution is 6.26. The molecule has 4 aliphatic heterocycles. The number of hydrogen-bond acceptors (Lipinski definition) is 10. The second-order valence-corrected chi connectivity index (χ2v) is 12.8. The van der Waals surface area contributed by atoms with E-state index in [1.807, 2.05) is 0 Å². The fourth-order valence-corrected chi connectivity index (χ4v) is 8.33. The van der Waals surface area contributed by atoms with Gasteiger partial charge in [0.15, 0.2) is 0 Å². The van der Waals surface area contributed by atoms with E-state index >= 15 is 0 Å². The van der Waals surface area contributed by atoms with Crippen molar-refractivity contribution in [2.45, 2.75) is 24.2 Å². The van der Waals surface area contributed by atoms with Crippen molar-refractivity contribution in [2.75, 3.05) is 38.2 Å². The number of rotatable bonds is 8. The number of hydrogen-bond donors (Lipinski definition) is 0. The first-order valence-corrected chi connectivity index (χ1v) is 16.4. The van der Waals surface area contributed by atoms with E-state index in [-0.39, 0.29) is 11.4 Å². The van der Waals surface area contributed by atoms with Gasteiger partial charge in [-0.3, -0.25) is 19.2 Å². The molecule has 0 aliphatic carbocycles. The summed E-state index contributed by atoms with van der Waals surface area (Å²) in [6, 6.07) is 15.6. The Hall–Kier alpha value is -5.86. The van der Waals surface area contributed by atoms with Crippen LogP contribution in [0.1, 0.15) is 23.2 Å². The minimum Gasteiger partial charge on any atom is -0.497 e. The van der Waals surface area contributed by atoms with E-state index in [4.69, 9.17) is 18.9 Å². The van der Waals surface area contributed by atoms with Crippen molar-refractivity contribution in [3.8, 4) is 23.0 Å². The molecule has 266 valence electrons. The Labute approximate surface area is 296 Å². The molecular formula is C38H32F2N4O8. The molecule has 12 nitrogen and oxygen atoms in total. The standard InChI is InChI=1S/C38H32F2N4O8/c1-49-23-11-13-27(51-3)25(17-23)31-29-33(37(47)41(35(29)45)21-9-5-7-19(39)15-21)44-32(26-18-24(50-2)12-14-28(26)52-4)30-34(43(31)44)38(48)42(36(30)46)22-10-6-8-20(40)16-22/h5-18,29-34H,1-4H3. The third-order valence-corrected chi connectivity index (χ3v) is 10.4. The Balaban J connectivity index is 1.40. The van der Waals surface area contributed by atoms with Crippen molar-refractivity contribution in [3.63, 3.8) is 0 Å². The molecule has 4 heterocycles. The molecule has 4 aromatic rings. The van der Waals surface area contributed by atoms with Gasteiger partial charge in [-0.25, -0.2) is 28.6 Å². The fourth-order valence-electron chi connectivity index (χ4n) is 8.33. The Morgan fingerprint density at radius 1 is 0.481 bits per heavy atom. The Morgan fingerprint density at radius 2 is 0.885 bits per heavy atom. The first-order valence-electron chi connectivity index (χ1n) is 16.4. The summed E-state index contributed by atoms with van der Waals surface area (Å²) in [6.07, 6.45) is 0. The number of carbonyl (C=O) groups excluding carboxylic acids is 4. The second kappa shape index (κ2) is 12.4. The number of imide groups is 2. The molecule has 4 saturated heterocycles. The van der Waals surface area contributed by atoms with E-state index < -0.39 is 71.3 Å². The zero-order valence-electron chi connectivity index (χ0n) is 28.4. The molecule has 14 heteroatoms. The summed E-state index contributed by atoms with van der Waals surface area (Å²) in [5.74, 6) is -4.83. The molecule has 0 saturated carbocycles. The number of amides is 4. The van der Waals surface area contributed by atoms with E-state index in [1.54, 1.807) is 46.4 Å². The van der Waals surface area contributed by atoms with Crippen LogP contribution in [0.25, 0.3) is 0 Å². The quantitative estimate of drug-likeness (QED) is 0.243. The van der Waals surface area contributed by atoms with Gasteiger partial charge in [-0.2, -0.15) is 0 Å². The van der Waals surface area contributed by atoms with Crippen LogP contribution in [0.3, 0.4) is 0 Å². The van der Waals surface area contributed by atoms with Crippen LogP contribution in [-0.4, -0.2) is 74.2 Å². The van der Waals surface area contributed by atoms with Gasteiger partial charge in [0.2, 0.25) is 11.8 Å². The van der Waals surface area contributed by atoms with E-state index in [9.17, 15) is 28.0 Å². The molecule has 4 aliphatic rings. The van der Waals surface area contributed by atoms with Gasteiger partial charge >= 0.3 is 0 Å². The molecule has 0 radical (unpaired) electrons. The molecule has 6 atom stereocenters. The Morgan fingerprint density at radius 3 is 1.23 bits per heavy atom. The van der Waals surface area contributed by atoms with Gasteiger partial charge < -0.3 is 18.9 Å². The molecule has 0 N–H and O–H groups in total. The maximum atomic E-state index is 14.7. The van der Waals surface area contributed by atoms with Crippen molar-refractivity contribution in [1.29, 1.82) is 0 Å². The topological polar surface area (TPSA) is 118 Å². The second-order valence-electron chi connectivity index (χ2n) is 12.8. The van der Waals surface area contributed by atoms with Gasteiger partial charge in [-0.05, 0) is 72.8 Å². The largest absolute Gasteiger partial charge is 0.497 e. The highest BCUT2D eigenvalue weighted by Gasteiger charge is 2.74. The van der Waals surface area contributed by atoms with Gasteiger partial charge in [0.1, 0.15) is 46.7 Å². The van der Waals surface area contributed by atoms with E-state index in [2.05, 4.69) is 0 Å². The molecule has 6 unspecified atom stereocenters. The third-order valence-electron chi connectivity index (χ3n) is 10.4. The summed E-state index contributed by atoms with van der Waals surface area (Å²) in [7, 11) is 5.84. The lowest BCUT2D eigenvalue weighted by Crippen LogP contribution is -2.50. The molecular weight excluding hydrogens is 678 g/mol. The van der Waals surface area contributed by atoms with Crippen LogP contribution in [0.15, 0.2) is 84.9 Å². The molecule has 8 rings (SSSR count). The van der Waals surface area contributed by atoms with E-state index in [0.29, 0.717) is 34.1 Å². The van der Waals surface area contributed by atoms with Crippen LogP contribution in [0.4, 0.5) is 20.2 Å². The van der Waals surface area contributed by atoms with Crippen LogP contribution in [0.5, 0.6) is 23.0 Å². The minimum absolute atomic E-state index is 0.0339. The monoisotopic (exact) mass is 710 g/mol. The zero-order valence-corrected chi connectivity index (χ0v) is 28.4. The molecule has 0 aromatic heterocycles. The highest BCUT2D eigenvalue weighted by atomic mass is 19.1. The first-order chi connectivity index (χ1) is 25.1. The van der Waals surface area contributed by atoms with E-state index in [1.165, 1.54) is 64.8 Å². The number of benzene rings is 4. The van der Waals surface area contributed by atoms with Crippen molar-refractivity contribution in [2.24, 2.45) is 11.8 Å². The molecule has 0 spiro atoms. The first kappa shape index (κ1) is 33.3. The molecule has 52 heavy (non-hydrogen) atoms. The normalized spacial score (nSPS) is 25.4. The molecule has 4 aromatic carbocycles. The smallest absolute Gasteiger partial charge is 0.253 e. The lowest BCUT2D eigenvalue weighted by Gasteiger charge is -2.36. The number of ether oxygens (including phenoxy) is 4. The Kier molecular flexibility index (Phi) is 7.95. The van der Waals surface area contributed by atoms with Crippen molar-refractivity contribution >= 4 is 35.0 Å². The molecule has 4 amide bonds. The maximum Gasteiger partial charge on any atom is 0.253 e. The highest BCUT2D eigenvalue weighted by Crippen LogP contribution is 2.61. The number of fused-ring (bicyclic) bond motifs is 5. The number of hydrazine groups is 1. The van der Waals surface area contributed by atoms with Crippen molar-refractivity contribution < 1.29 is 46.9 Å². The van der Waals surface area contributed by atoms with Gasteiger partial charge in [-0.1, -0.05) is 12.1 Å². The number of nitrogens with zero attached hydrogens (tertiary/aromatic N) is 4. The van der Waals surface area contributed by atoms with Crippen molar-refractivity contribution in [3.05, 3.63) is 108 Å². The fraction of sp³-hybridized carbons (Fsp3) is 0.263. The zero-order chi connectivity index (χ0) is 36.6. The molecule has 4 fully saturated rings. The predicted molar refractivity (Wildman–Crippen MR) is 181 cm³/mol. The summed E-state index contributed by atoms with van der Waals surface area (Å²) < 4.78 is 51.8. The van der Waals surface area contributed by atoms with Crippen molar-refractivity contribution in [1.82, 2.24) is 10.0 Å². The predicted octanol–water partition coefficient (Wildman–Crippen LogP) is 4.44. The Bertz CT molecular complexity index is 2010. The number of methoxy groups -OCH3 is 4.